The van der Waals surface area contributed by atoms with Crippen LogP contribution < -0.4 is 0 Å². The van der Waals surface area contributed by atoms with E-state index in [0.717, 1.165) is 23.1 Å². The molecule has 0 saturated carbocycles. The van der Waals surface area contributed by atoms with Gasteiger partial charge in [-0.2, -0.15) is 0 Å². The van der Waals surface area contributed by atoms with Gasteiger partial charge >= 0.3 is 0 Å². The quantitative estimate of drug-likeness (QED) is 0.575. The van der Waals surface area contributed by atoms with Gasteiger partial charge < -0.3 is 5.11 Å². The molecule has 0 fully saturated rings. The van der Waals surface area contributed by atoms with Gasteiger partial charge in [-0.1, -0.05) is 62.3 Å². The molecule has 0 heterocycles. The third-order valence-electron chi connectivity index (χ3n) is 3.47. The Bertz CT molecular complexity index is 597. The molecule has 0 spiro atoms. The van der Waals surface area contributed by atoms with E-state index in [0.29, 0.717) is 5.75 Å². The van der Waals surface area contributed by atoms with Crippen LogP contribution >= 0.6 is 0 Å². The first-order chi connectivity index (χ1) is 10.3. The molecule has 0 saturated heterocycles. The van der Waals surface area contributed by atoms with Crippen molar-refractivity contribution in [1.29, 1.82) is 0 Å². The van der Waals surface area contributed by atoms with Crippen molar-refractivity contribution >= 4 is 0 Å². The average Bonchev–Trinajstić information content (AvgIpc) is 2.52. The first-order valence-corrected chi connectivity index (χ1v) is 7.68. The van der Waals surface area contributed by atoms with Crippen molar-refractivity contribution in [2.24, 2.45) is 0 Å². The highest BCUT2D eigenvalue weighted by atomic mass is 16.3. The topological polar surface area (TPSA) is 20.2 Å². The van der Waals surface area contributed by atoms with Crippen molar-refractivity contribution < 1.29 is 5.11 Å². The van der Waals surface area contributed by atoms with Gasteiger partial charge in [0, 0.05) is 12.0 Å². The number of unbranched alkanes of at least 4 members (excludes halogenated alkanes) is 4. The number of rotatable bonds is 5. The van der Waals surface area contributed by atoms with Crippen LogP contribution in [0.5, 0.6) is 5.75 Å². The average molecular weight is 278 g/mol. The molecule has 108 valence electrons. The van der Waals surface area contributed by atoms with Gasteiger partial charge in [0.2, 0.25) is 0 Å². The fourth-order valence-electron chi connectivity index (χ4n) is 2.20. The van der Waals surface area contributed by atoms with E-state index >= 15 is 0 Å². The van der Waals surface area contributed by atoms with Gasteiger partial charge in [0.25, 0.3) is 0 Å². The van der Waals surface area contributed by atoms with Crippen molar-refractivity contribution in [3.8, 4) is 28.7 Å². The Kier molecular flexibility index (Phi) is 5.91. The minimum atomic E-state index is 0.296. The van der Waals surface area contributed by atoms with Crippen molar-refractivity contribution in [3.63, 3.8) is 0 Å². The number of hydrogen-bond donors (Lipinski definition) is 1. The maximum absolute atomic E-state index is 9.30. The summed E-state index contributed by atoms with van der Waals surface area (Å²) in [6, 6.07) is 15.5. The molecule has 0 unspecified atom stereocenters. The minimum absolute atomic E-state index is 0.296. The third kappa shape index (κ3) is 5.00. The predicted molar refractivity (Wildman–Crippen MR) is 89.2 cm³/mol. The summed E-state index contributed by atoms with van der Waals surface area (Å²) in [6.45, 7) is 2.22. The van der Waals surface area contributed by atoms with E-state index in [-0.39, 0.29) is 0 Å². The first-order valence-electron chi connectivity index (χ1n) is 7.68. The summed E-state index contributed by atoms with van der Waals surface area (Å²) < 4.78 is 0. The Balaban J connectivity index is 1.93. The van der Waals surface area contributed by atoms with Gasteiger partial charge in [-0.15, -0.1) is 0 Å². The lowest BCUT2D eigenvalue weighted by Crippen LogP contribution is -1.79. The van der Waals surface area contributed by atoms with Crippen LogP contribution in [0.2, 0.25) is 0 Å². The number of hydrogen-bond acceptors (Lipinski definition) is 1. The summed E-state index contributed by atoms with van der Waals surface area (Å²) >= 11 is 0. The summed E-state index contributed by atoms with van der Waals surface area (Å²) in [7, 11) is 0. The molecule has 0 radical (unpaired) electrons. The van der Waals surface area contributed by atoms with E-state index in [1.165, 1.54) is 25.7 Å². The molecule has 0 bridgehead atoms. The van der Waals surface area contributed by atoms with Crippen molar-refractivity contribution in [2.45, 2.75) is 39.0 Å². The number of phenolic OH excluding ortho intramolecular Hbond substituents is 1. The van der Waals surface area contributed by atoms with Crippen LogP contribution in [0.25, 0.3) is 11.1 Å². The van der Waals surface area contributed by atoms with E-state index < -0.39 is 0 Å². The van der Waals surface area contributed by atoms with Crippen LogP contribution in [-0.2, 0) is 0 Å². The zero-order chi connectivity index (χ0) is 14.9. The van der Waals surface area contributed by atoms with E-state index in [4.69, 9.17) is 0 Å². The summed E-state index contributed by atoms with van der Waals surface area (Å²) in [6.07, 6.45) is 6.05. The molecule has 1 nitrogen and oxygen atoms in total. The molecule has 0 atom stereocenters. The van der Waals surface area contributed by atoms with Crippen molar-refractivity contribution in [1.82, 2.24) is 0 Å². The van der Waals surface area contributed by atoms with Crippen LogP contribution in [0.3, 0.4) is 0 Å². The molecule has 21 heavy (non-hydrogen) atoms. The normalized spacial score (nSPS) is 9.95. The van der Waals surface area contributed by atoms with E-state index in [9.17, 15) is 5.11 Å². The van der Waals surface area contributed by atoms with Crippen LogP contribution in [0.4, 0.5) is 0 Å². The van der Waals surface area contributed by atoms with E-state index in [2.05, 4.69) is 43.0 Å². The summed E-state index contributed by atoms with van der Waals surface area (Å²) in [5, 5.41) is 9.30. The minimum Gasteiger partial charge on any atom is -0.508 e. The second-order valence-corrected chi connectivity index (χ2v) is 5.24. The van der Waals surface area contributed by atoms with Crippen LogP contribution in [0, 0.1) is 11.8 Å². The number of aromatic hydroxyl groups is 1. The first kappa shape index (κ1) is 15.2. The van der Waals surface area contributed by atoms with Crippen LogP contribution in [0.1, 0.15) is 44.6 Å². The standard InChI is InChI=1S/C20H22O/c1-2-3-4-5-6-7-8-17-9-11-18(12-10-17)19-13-15-20(21)16-14-19/h9-16,21H,2-6H2,1H3. The molecular formula is C20H22O. The SMILES string of the molecule is CCCCCCC#Cc1ccc(-c2ccc(O)cc2)cc1. The van der Waals surface area contributed by atoms with Crippen molar-refractivity contribution in [2.75, 3.05) is 0 Å². The summed E-state index contributed by atoms with van der Waals surface area (Å²) in [5.74, 6) is 6.76. The maximum atomic E-state index is 9.30. The molecule has 0 aromatic heterocycles. The van der Waals surface area contributed by atoms with Crippen molar-refractivity contribution in [3.05, 3.63) is 54.1 Å². The number of benzene rings is 2. The van der Waals surface area contributed by atoms with Crippen LogP contribution in [0.15, 0.2) is 48.5 Å². The lowest BCUT2D eigenvalue weighted by atomic mass is 10.0. The molecule has 2 aromatic rings. The largest absolute Gasteiger partial charge is 0.508 e. The molecule has 0 amide bonds. The lowest BCUT2D eigenvalue weighted by molar-refractivity contribution is 0.475. The Labute approximate surface area is 127 Å². The Morgan fingerprint density at radius 2 is 1.43 bits per heavy atom. The third-order valence-corrected chi connectivity index (χ3v) is 3.47. The monoisotopic (exact) mass is 278 g/mol. The zero-order valence-electron chi connectivity index (χ0n) is 12.6. The maximum Gasteiger partial charge on any atom is 0.115 e. The molecule has 2 rings (SSSR count). The Morgan fingerprint density at radius 3 is 2.05 bits per heavy atom. The molecular weight excluding hydrogens is 256 g/mol. The zero-order valence-corrected chi connectivity index (χ0v) is 12.6. The highest BCUT2D eigenvalue weighted by Crippen LogP contribution is 2.22. The summed E-state index contributed by atoms with van der Waals surface area (Å²) in [5.41, 5.74) is 3.31. The molecule has 0 aliphatic heterocycles. The highest BCUT2D eigenvalue weighted by Gasteiger charge is 1.97. The summed E-state index contributed by atoms with van der Waals surface area (Å²) in [4.78, 5) is 0. The fraction of sp³-hybridized carbons (Fsp3) is 0.300. The molecule has 0 aliphatic rings. The van der Waals surface area contributed by atoms with Gasteiger partial charge in [-0.3, -0.25) is 0 Å². The van der Waals surface area contributed by atoms with Gasteiger partial charge in [0.1, 0.15) is 5.75 Å². The predicted octanol–water partition coefficient (Wildman–Crippen LogP) is 5.38. The molecule has 0 aliphatic carbocycles. The number of phenols is 1. The Morgan fingerprint density at radius 1 is 0.810 bits per heavy atom. The highest BCUT2D eigenvalue weighted by molar-refractivity contribution is 5.65. The van der Waals surface area contributed by atoms with E-state index in [1.807, 2.05) is 12.1 Å². The van der Waals surface area contributed by atoms with Gasteiger partial charge in [-0.25, -0.2) is 0 Å². The van der Waals surface area contributed by atoms with Crippen LogP contribution in [-0.4, -0.2) is 5.11 Å². The second-order valence-electron chi connectivity index (χ2n) is 5.24. The molecule has 1 N–H and O–H groups in total. The molecule has 1 heteroatoms. The van der Waals surface area contributed by atoms with Gasteiger partial charge in [0.15, 0.2) is 0 Å². The fourth-order valence-corrected chi connectivity index (χ4v) is 2.20. The molecule has 2 aromatic carbocycles. The lowest BCUT2D eigenvalue weighted by Gasteiger charge is -2.01. The second kappa shape index (κ2) is 8.17. The van der Waals surface area contributed by atoms with Gasteiger partial charge in [0.05, 0.1) is 0 Å². The van der Waals surface area contributed by atoms with Gasteiger partial charge in [-0.05, 0) is 41.8 Å². The Hall–Kier alpha value is -2.20. The smallest absolute Gasteiger partial charge is 0.115 e. The van der Waals surface area contributed by atoms with E-state index in [1.54, 1.807) is 12.1 Å².